The highest BCUT2D eigenvalue weighted by Gasteiger charge is 2.14. The van der Waals surface area contributed by atoms with Crippen molar-refractivity contribution in [3.63, 3.8) is 0 Å². The van der Waals surface area contributed by atoms with E-state index in [1.165, 1.54) is 12.1 Å². The molecule has 0 aliphatic rings. The van der Waals surface area contributed by atoms with E-state index in [-0.39, 0.29) is 28.1 Å². The molecule has 0 aliphatic heterocycles. The first-order valence-corrected chi connectivity index (χ1v) is 6.73. The fraction of sp³-hybridized carbons (Fsp3) is 0.231. The first-order chi connectivity index (χ1) is 9.51. The zero-order valence-corrected chi connectivity index (χ0v) is 12.3. The Morgan fingerprint density at radius 2 is 2.20 bits per heavy atom. The molecule has 1 aromatic heterocycles. The lowest BCUT2D eigenvalue weighted by Crippen LogP contribution is -2.23. The number of hydrogen-bond acceptors (Lipinski definition) is 4. The second-order valence-corrected chi connectivity index (χ2v) is 4.91. The van der Waals surface area contributed by atoms with E-state index < -0.39 is 0 Å². The fourth-order valence-electron chi connectivity index (χ4n) is 1.62. The van der Waals surface area contributed by atoms with Crippen LogP contribution >= 0.6 is 23.2 Å². The molecule has 0 fully saturated rings. The predicted molar refractivity (Wildman–Crippen MR) is 77.9 cm³/mol. The molecule has 0 saturated carbocycles. The van der Waals surface area contributed by atoms with Crippen LogP contribution in [0, 0.1) is 0 Å². The lowest BCUT2D eigenvalue weighted by atomic mass is 10.2. The Bertz CT molecular complexity index is 641. The number of benzene rings is 1. The number of rotatable bonds is 4. The Morgan fingerprint density at radius 3 is 2.85 bits per heavy atom. The van der Waals surface area contributed by atoms with Crippen LogP contribution in [0.3, 0.4) is 0 Å². The number of nitrogen functional groups attached to an aromatic ring is 1. The van der Waals surface area contributed by atoms with E-state index in [0.29, 0.717) is 11.6 Å². The number of anilines is 1. The van der Waals surface area contributed by atoms with Gasteiger partial charge in [0.1, 0.15) is 5.76 Å². The molecule has 5 nitrogen and oxygen atoms in total. The third kappa shape index (κ3) is 3.23. The van der Waals surface area contributed by atoms with E-state index in [2.05, 4.69) is 10.3 Å². The minimum absolute atomic E-state index is 0.167. The summed E-state index contributed by atoms with van der Waals surface area (Å²) in [6, 6.07) is 2.96. The number of nitrogens with zero attached hydrogens (tertiary/aromatic N) is 1. The Hall–Kier alpha value is -1.72. The van der Waals surface area contributed by atoms with Gasteiger partial charge in [0.15, 0.2) is 0 Å². The van der Waals surface area contributed by atoms with Gasteiger partial charge in [0.05, 0.1) is 28.4 Å². The molecule has 0 bridgehead atoms. The molecule has 0 aliphatic carbocycles. The van der Waals surface area contributed by atoms with Gasteiger partial charge in [0.25, 0.3) is 5.91 Å². The molecule has 106 valence electrons. The molecule has 2 aromatic rings. The topological polar surface area (TPSA) is 81.2 Å². The zero-order chi connectivity index (χ0) is 14.7. The van der Waals surface area contributed by atoms with E-state index in [9.17, 15) is 4.79 Å². The fourth-order valence-corrected chi connectivity index (χ4v) is 2.04. The largest absolute Gasteiger partial charge is 0.444 e. The van der Waals surface area contributed by atoms with Gasteiger partial charge < -0.3 is 15.5 Å². The van der Waals surface area contributed by atoms with Crippen molar-refractivity contribution >= 4 is 34.8 Å². The normalized spacial score (nSPS) is 10.6. The maximum absolute atomic E-state index is 12.0. The number of nitrogens with two attached hydrogens (primary N) is 1. The summed E-state index contributed by atoms with van der Waals surface area (Å²) >= 11 is 11.9. The highest BCUT2D eigenvalue weighted by Crippen LogP contribution is 2.28. The molecular weight excluding hydrogens is 301 g/mol. The van der Waals surface area contributed by atoms with Crippen molar-refractivity contribution < 1.29 is 9.21 Å². The summed E-state index contributed by atoms with van der Waals surface area (Å²) in [7, 11) is 0. The molecule has 20 heavy (non-hydrogen) atoms. The maximum Gasteiger partial charge on any atom is 0.253 e. The van der Waals surface area contributed by atoms with Crippen molar-refractivity contribution in [1.82, 2.24) is 10.3 Å². The van der Waals surface area contributed by atoms with Gasteiger partial charge >= 0.3 is 0 Å². The summed E-state index contributed by atoms with van der Waals surface area (Å²) in [6.07, 6.45) is 2.38. The van der Waals surface area contributed by atoms with Gasteiger partial charge in [-0.25, -0.2) is 4.98 Å². The molecule has 2 rings (SSSR count). The quantitative estimate of drug-likeness (QED) is 0.850. The van der Waals surface area contributed by atoms with E-state index >= 15 is 0 Å². The lowest BCUT2D eigenvalue weighted by Gasteiger charge is -2.07. The average molecular weight is 314 g/mol. The van der Waals surface area contributed by atoms with Gasteiger partial charge in [0.2, 0.25) is 5.89 Å². The SMILES string of the molecule is CCc1cnc(CNC(=O)c2cc(N)cc(Cl)c2Cl)o1. The number of carbonyl (C=O) groups is 1. The summed E-state index contributed by atoms with van der Waals surface area (Å²) in [4.78, 5) is 16.1. The molecule has 7 heteroatoms. The second-order valence-electron chi connectivity index (χ2n) is 4.12. The van der Waals surface area contributed by atoms with Crippen LogP contribution in [0.15, 0.2) is 22.7 Å². The first-order valence-electron chi connectivity index (χ1n) is 5.97. The molecule has 1 heterocycles. The van der Waals surface area contributed by atoms with Gasteiger partial charge in [-0.1, -0.05) is 30.1 Å². The van der Waals surface area contributed by atoms with Crippen LogP contribution in [0.2, 0.25) is 10.0 Å². The predicted octanol–water partition coefficient (Wildman–Crippen LogP) is 3.06. The van der Waals surface area contributed by atoms with Gasteiger partial charge in [-0.2, -0.15) is 0 Å². The smallest absolute Gasteiger partial charge is 0.253 e. The van der Waals surface area contributed by atoms with Crippen molar-refractivity contribution in [1.29, 1.82) is 0 Å². The second kappa shape index (κ2) is 6.15. The van der Waals surface area contributed by atoms with Crippen LogP contribution < -0.4 is 11.1 Å². The van der Waals surface area contributed by atoms with Gasteiger partial charge in [0, 0.05) is 12.1 Å². The molecule has 1 aromatic carbocycles. The summed E-state index contributed by atoms with van der Waals surface area (Å²) in [5, 5.41) is 3.06. The summed E-state index contributed by atoms with van der Waals surface area (Å²) in [6.45, 7) is 2.12. The molecule has 0 atom stereocenters. The van der Waals surface area contributed by atoms with Crippen molar-refractivity contribution in [2.75, 3.05) is 5.73 Å². The number of hydrogen-bond donors (Lipinski definition) is 2. The van der Waals surface area contributed by atoms with Crippen molar-refractivity contribution in [3.8, 4) is 0 Å². The Labute approximate surface area is 126 Å². The highest BCUT2D eigenvalue weighted by molar-refractivity contribution is 6.44. The minimum Gasteiger partial charge on any atom is -0.444 e. The summed E-state index contributed by atoms with van der Waals surface area (Å²) in [5.41, 5.74) is 6.23. The van der Waals surface area contributed by atoms with Gasteiger partial charge in [-0.3, -0.25) is 4.79 Å². The third-order valence-corrected chi connectivity index (χ3v) is 3.45. The molecule has 3 N–H and O–H groups in total. The zero-order valence-electron chi connectivity index (χ0n) is 10.7. The highest BCUT2D eigenvalue weighted by atomic mass is 35.5. The number of carbonyl (C=O) groups excluding carboxylic acids is 1. The monoisotopic (exact) mass is 313 g/mol. The number of halogens is 2. The first kappa shape index (κ1) is 14.7. The van der Waals surface area contributed by atoms with Crippen LogP contribution in [-0.4, -0.2) is 10.9 Å². The van der Waals surface area contributed by atoms with Crippen LogP contribution in [0.5, 0.6) is 0 Å². The Morgan fingerprint density at radius 1 is 1.45 bits per heavy atom. The molecule has 0 radical (unpaired) electrons. The number of amides is 1. The minimum atomic E-state index is -0.388. The van der Waals surface area contributed by atoms with Crippen LogP contribution in [0.4, 0.5) is 5.69 Å². The Kier molecular flexibility index (Phi) is 4.52. The van der Waals surface area contributed by atoms with Crippen LogP contribution in [-0.2, 0) is 13.0 Å². The molecule has 1 amide bonds. The number of aryl methyl sites for hydroxylation is 1. The van der Waals surface area contributed by atoms with Gasteiger partial charge in [-0.05, 0) is 12.1 Å². The molecule has 0 unspecified atom stereocenters. The van der Waals surface area contributed by atoms with Crippen molar-refractivity contribution in [2.45, 2.75) is 19.9 Å². The van der Waals surface area contributed by atoms with Crippen LogP contribution in [0.25, 0.3) is 0 Å². The molecule has 0 spiro atoms. The summed E-state index contributed by atoms with van der Waals surface area (Å²) in [5.74, 6) is 0.807. The third-order valence-electron chi connectivity index (χ3n) is 2.65. The number of aromatic nitrogens is 1. The average Bonchev–Trinajstić information content (AvgIpc) is 2.88. The van der Waals surface area contributed by atoms with Crippen LogP contribution in [0.1, 0.15) is 28.9 Å². The summed E-state index contributed by atoms with van der Waals surface area (Å²) < 4.78 is 5.39. The number of oxazole rings is 1. The van der Waals surface area contributed by atoms with E-state index in [0.717, 1.165) is 12.2 Å². The van der Waals surface area contributed by atoms with E-state index in [1.54, 1.807) is 6.20 Å². The van der Waals surface area contributed by atoms with Crippen molar-refractivity contribution in [2.24, 2.45) is 0 Å². The molecular formula is C13H13Cl2N3O2. The standard InChI is InChI=1S/C13H13Cl2N3O2/c1-2-8-5-17-11(20-8)6-18-13(19)9-3-7(16)4-10(14)12(9)15/h3-5H,2,6,16H2,1H3,(H,18,19). The Balaban J connectivity index is 2.09. The van der Waals surface area contributed by atoms with E-state index in [4.69, 9.17) is 33.4 Å². The molecule has 0 saturated heterocycles. The number of nitrogens with one attached hydrogen (secondary N) is 1. The van der Waals surface area contributed by atoms with Crippen molar-refractivity contribution in [3.05, 3.63) is 45.6 Å². The lowest BCUT2D eigenvalue weighted by molar-refractivity contribution is 0.0947. The van der Waals surface area contributed by atoms with E-state index in [1.807, 2.05) is 6.92 Å². The van der Waals surface area contributed by atoms with Gasteiger partial charge in [-0.15, -0.1) is 0 Å². The maximum atomic E-state index is 12.0.